The number of hydrogen-bond acceptors (Lipinski definition) is 6. The van der Waals surface area contributed by atoms with Crippen LogP contribution in [0.1, 0.15) is 31.2 Å². The normalized spacial score (nSPS) is 20.5. The molecule has 1 saturated heterocycles. The predicted molar refractivity (Wildman–Crippen MR) is 116 cm³/mol. The molecule has 162 valence electrons. The standard InChI is InChI=1S/C23H25N3O5/c1-31-17-9-6-15(7-10-17)12-13-24-20-11-8-16(14-21(20)26(29)30)25-22(27)18-4-2-3-5-19(18)23(25)28/h6-11,14,18-19,24H,2-5,12-13H2,1H3/t18-,19+. The van der Waals surface area contributed by atoms with E-state index in [0.717, 1.165) is 29.1 Å². The van der Waals surface area contributed by atoms with Crippen LogP contribution < -0.4 is 15.0 Å². The first-order valence-corrected chi connectivity index (χ1v) is 10.5. The number of imide groups is 1. The van der Waals surface area contributed by atoms with Gasteiger partial charge in [-0.2, -0.15) is 0 Å². The van der Waals surface area contributed by atoms with E-state index in [1.807, 2.05) is 24.3 Å². The summed E-state index contributed by atoms with van der Waals surface area (Å²) in [6.45, 7) is 0.498. The fourth-order valence-corrected chi connectivity index (χ4v) is 4.51. The van der Waals surface area contributed by atoms with Gasteiger partial charge < -0.3 is 10.1 Å². The molecule has 2 atom stereocenters. The van der Waals surface area contributed by atoms with Gasteiger partial charge in [-0.05, 0) is 49.1 Å². The summed E-state index contributed by atoms with van der Waals surface area (Å²) >= 11 is 0. The average Bonchev–Trinajstić information content (AvgIpc) is 3.04. The topological polar surface area (TPSA) is 102 Å². The zero-order chi connectivity index (χ0) is 22.0. The van der Waals surface area contributed by atoms with E-state index in [4.69, 9.17) is 4.74 Å². The maximum atomic E-state index is 12.8. The highest BCUT2D eigenvalue weighted by Gasteiger charge is 2.49. The minimum Gasteiger partial charge on any atom is -0.497 e. The maximum Gasteiger partial charge on any atom is 0.294 e. The van der Waals surface area contributed by atoms with Crippen molar-refractivity contribution in [2.24, 2.45) is 11.8 Å². The van der Waals surface area contributed by atoms with Gasteiger partial charge in [-0.15, -0.1) is 0 Å². The third-order valence-electron chi connectivity index (χ3n) is 6.17. The lowest BCUT2D eigenvalue weighted by Gasteiger charge is -2.19. The van der Waals surface area contributed by atoms with Gasteiger partial charge in [0.15, 0.2) is 0 Å². The van der Waals surface area contributed by atoms with Gasteiger partial charge in [0.05, 0.1) is 29.6 Å². The van der Waals surface area contributed by atoms with Crippen LogP contribution in [-0.4, -0.2) is 30.4 Å². The number of hydrogen-bond donors (Lipinski definition) is 1. The number of benzene rings is 2. The Labute approximate surface area is 180 Å². The number of ether oxygens (including phenoxy) is 1. The fourth-order valence-electron chi connectivity index (χ4n) is 4.51. The lowest BCUT2D eigenvalue weighted by atomic mass is 9.81. The largest absolute Gasteiger partial charge is 0.497 e. The molecular weight excluding hydrogens is 398 g/mol. The number of nitro benzene ring substituents is 1. The maximum absolute atomic E-state index is 12.8. The van der Waals surface area contributed by atoms with E-state index in [9.17, 15) is 19.7 Å². The molecule has 2 amide bonds. The van der Waals surface area contributed by atoms with Gasteiger partial charge in [0, 0.05) is 12.6 Å². The molecule has 0 aromatic heterocycles. The summed E-state index contributed by atoms with van der Waals surface area (Å²) in [5.74, 6) is -0.271. The SMILES string of the molecule is COc1ccc(CCNc2ccc(N3C(=O)[C@H]4CCCC[C@H]4C3=O)cc2[N+](=O)[O-])cc1. The number of carbonyl (C=O) groups is 2. The Balaban J connectivity index is 1.49. The average molecular weight is 423 g/mol. The van der Waals surface area contributed by atoms with Crippen LogP contribution in [0.4, 0.5) is 17.1 Å². The van der Waals surface area contributed by atoms with Crippen molar-refractivity contribution in [2.75, 3.05) is 23.9 Å². The van der Waals surface area contributed by atoms with E-state index in [1.165, 1.54) is 6.07 Å². The molecule has 8 nitrogen and oxygen atoms in total. The van der Waals surface area contributed by atoms with E-state index < -0.39 is 4.92 Å². The molecule has 4 rings (SSSR count). The highest BCUT2D eigenvalue weighted by molar-refractivity contribution is 6.22. The second-order valence-electron chi connectivity index (χ2n) is 7.99. The Kier molecular flexibility index (Phi) is 5.88. The van der Waals surface area contributed by atoms with Crippen LogP contribution in [-0.2, 0) is 16.0 Å². The van der Waals surface area contributed by atoms with Gasteiger partial charge >= 0.3 is 0 Å². The summed E-state index contributed by atoms with van der Waals surface area (Å²) in [5.41, 5.74) is 1.56. The minimum atomic E-state index is -0.489. The van der Waals surface area contributed by atoms with E-state index in [-0.39, 0.29) is 35.0 Å². The van der Waals surface area contributed by atoms with E-state index >= 15 is 0 Å². The Bertz CT molecular complexity index is 981. The van der Waals surface area contributed by atoms with Crippen molar-refractivity contribution in [2.45, 2.75) is 32.1 Å². The Morgan fingerprint density at radius 3 is 2.29 bits per heavy atom. The first-order valence-electron chi connectivity index (χ1n) is 10.5. The number of rotatable bonds is 7. The Hall–Kier alpha value is -3.42. The number of amides is 2. The zero-order valence-electron chi connectivity index (χ0n) is 17.4. The molecule has 8 heteroatoms. The first-order chi connectivity index (χ1) is 15.0. The number of fused-ring (bicyclic) bond motifs is 1. The molecule has 2 aromatic carbocycles. The van der Waals surface area contributed by atoms with E-state index in [2.05, 4.69) is 5.32 Å². The van der Waals surface area contributed by atoms with Crippen molar-refractivity contribution in [3.05, 3.63) is 58.1 Å². The number of anilines is 2. The van der Waals surface area contributed by atoms with Crippen LogP contribution >= 0.6 is 0 Å². The van der Waals surface area contributed by atoms with Crippen molar-refractivity contribution in [3.8, 4) is 5.75 Å². The van der Waals surface area contributed by atoms with Crippen molar-refractivity contribution < 1.29 is 19.2 Å². The number of nitro groups is 1. The summed E-state index contributed by atoms with van der Waals surface area (Å²) in [4.78, 5) is 37.9. The van der Waals surface area contributed by atoms with Gasteiger partial charge in [0.2, 0.25) is 11.8 Å². The molecule has 31 heavy (non-hydrogen) atoms. The molecule has 1 saturated carbocycles. The quantitative estimate of drug-likeness (QED) is 0.411. The van der Waals surface area contributed by atoms with Gasteiger partial charge in [0.25, 0.3) is 5.69 Å². The van der Waals surface area contributed by atoms with Crippen LogP contribution in [0.2, 0.25) is 0 Å². The second-order valence-corrected chi connectivity index (χ2v) is 7.99. The third kappa shape index (κ3) is 4.10. The summed E-state index contributed by atoms with van der Waals surface area (Å²) in [5, 5.41) is 14.8. The second kappa shape index (κ2) is 8.75. The summed E-state index contributed by atoms with van der Waals surface area (Å²) in [7, 11) is 1.61. The molecular formula is C23H25N3O5. The van der Waals surface area contributed by atoms with Crippen LogP contribution in [0.3, 0.4) is 0 Å². The monoisotopic (exact) mass is 423 g/mol. The van der Waals surface area contributed by atoms with Gasteiger partial charge in [-0.3, -0.25) is 19.7 Å². The van der Waals surface area contributed by atoms with Crippen LogP contribution in [0.25, 0.3) is 0 Å². The van der Waals surface area contributed by atoms with Crippen LogP contribution in [0.5, 0.6) is 5.75 Å². The van der Waals surface area contributed by atoms with Crippen molar-refractivity contribution in [1.29, 1.82) is 0 Å². The van der Waals surface area contributed by atoms with Crippen molar-refractivity contribution >= 4 is 28.9 Å². The molecule has 2 fully saturated rings. The minimum absolute atomic E-state index is 0.150. The fraction of sp³-hybridized carbons (Fsp3) is 0.391. The zero-order valence-corrected chi connectivity index (χ0v) is 17.4. The van der Waals surface area contributed by atoms with Crippen molar-refractivity contribution in [1.82, 2.24) is 0 Å². The molecule has 1 N–H and O–H groups in total. The Morgan fingerprint density at radius 2 is 1.71 bits per heavy atom. The van der Waals surface area contributed by atoms with Crippen LogP contribution in [0.15, 0.2) is 42.5 Å². The lowest BCUT2D eigenvalue weighted by Crippen LogP contribution is -2.30. The number of carbonyl (C=O) groups excluding carboxylic acids is 2. The number of nitrogens with zero attached hydrogens (tertiary/aromatic N) is 2. The molecule has 1 aliphatic carbocycles. The number of nitrogens with one attached hydrogen (secondary N) is 1. The van der Waals surface area contributed by atoms with Crippen LogP contribution in [0, 0.1) is 22.0 Å². The molecule has 2 aliphatic rings. The van der Waals surface area contributed by atoms with Gasteiger partial charge in [-0.25, -0.2) is 4.90 Å². The Morgan fingerprint density at radius 1 is 1.06 bits per heavy atom. The molecule has 0 radical (unpaired) electrons. The molecule has 1 aliphatic heterocycles. The molecule has 2 aromatic rings. The first kappa shape index (κ1) is 20.8. The lowest BCUT2D eigenvalue weighted by molar-refractivity contribution is -0.383. The summed E-state index contributed by atoms with van der Waals surface area (Å²) < 4.78 is 5.14. The molecule has 0 unspecified atom stereocenters. The third-order valence-corrected chi connectivity index (χ3v) is 6.17. The van der Waals surface area contributed by atoms with Gasteiger partial charge in [-0.1, -0.05) is 25.0 Å². The molecule has 1 heterocycles. The highest BCUT2D eigenvalue weighted by Crippen LogP contribution is 2.41. The predicted octanol–water partition coefficient (Wildman–Crippen LogP) is 3.94. The van der Waals surface area contributed by atoms with E-state index in [1.54, 1.807) is 19.2 Å². The van der Waals surface area contributed by atoms with Crippen molar-refractivity contribution in [3.63, 3.8) is 0 Å². The van der Waals surface area contributed by atoms with Gasteiger partial charge in [0.1, 0.15) is 11.4 Å². The summed E-state index contributed by atoms with van der Waals surface area (Å²) in [6, 6.07) is 12.1. The van der Waals surface area contributed by atoms with E-state index in [0.29, 0.717) is 31.5 Å². The summed E-state index contributed by atoms with van der Waals surface area (Å²) in [6.07, 6.45) is 3.96. The molecule has 0 bridgehead atoms. The smallest absolute Gasteiger partial charge is 0.294 e. The number of methoxy groups -OCH3 is 1. The molecule has 0 spiro atoms. The highest BCUT2D eigenvalue weighted by atomic mass is 16.6.